The second kappa shape index (κ2) is 22.1. The Bertz CT molecular complexity index is 2040. The minimum atomic E-state index is -0.632. The van der Waals surface area contributed by atoms with Crippen molar-refractivity contribution in [1.29, 1.82) is 31.6 Å². The zero-order valence-electron chi connectivity index (χ0n) is 36.9. The highest BCUT2D eigenvalue weighted by molar-refractivity contribution is 5.58. The van der Waals surface area contributed by atoms with Gasteiger partial charge >= 0.3 is 0 Å². The lowest BCUT2D eigenvalue weighted by Gasteiger charge is -2.34. The van der Waals surface area contributed by atoms with Gasteiger partial charge in [0.15, 0.2) is 5.70 Å². The van der Waals surface area contributed by atoms with Crippen molar-refractivity contribution >= 4 is 0 Å². The SMILES string of the molecule is [C-]#[N+]C1=C(NCCOCC(C)(COCCNC2=C(C#N)C(=C(C#N)C#N)CC(C)(C)C2)COCCNC2=C(C#N)/C(=C(\C#N)[N+]#[C-])CC(C)(C)C2)CC(C)(C)C/C1=C(\C#N)[N+]#[C-]. The molecular formula is C47H54N12O3. The quantitative estimate of drug-likeness (QED) is 0.0687. The van der Waals surface area contributed by atoms with E-state index in [0.29, 0.717) is 109 Å². The monoisotopic (exact) mass is 834 g/mol. The first-order valence-corrected chi connectivity index (χ1v) is 20.3. The summed E-state index contributed by atoms with van der Waals surface area (Å²) in [5.41, 5.74) is 2.66. The van der Waals surface area contributed by atoms with Crippen molar-refractivity contribution in [3.8, 4) is 36.4 Å². The van der Waals surface area contributed by atoms with Crippen LogP contribution in [0.2, 0.25) is 0 Å². The van der Waals surface area contributed by atoms with Gasteiger partial charge in [-0.1, -0.05) is 48.5 Å². The van der Waals surface area contributed by atoms with Crippen LogP contribution in [0.1, 0.15) is 87.0 Å². The molecule has 3 N–H and O–H groups in total. The third-order valence-electron chi connectivity index (χ3n) is 10.7. The molecule has 320 valence electrons. The molecule has 0 aromatic rings. The van der Waals surface area contributed by atoms with E-state index in [4.69, 9.17) is 33.9 Å². The molecule has 0 bridgehead atoms. The maximum Gasteiger partial charge on any atom is 0.266 e. The molecule has 0 saturated heterocycles. The maximum absolute atomic E-state index is 10.0. The van der Waals surface area contributed by atoms with Crippen molar-refractivity contribution in [2.24, 2.45) is 21.7 Å². The molecule has 0 radical (unpaired) electrons. The minimum Gasteiger partial charge on any atom is -0.395 e. The van der Waals surface area contributed by atoms with Crippen LogP contribution in [0.4, 0.5) is 0 Å². The van der Waals surface area contributed by atoms with Crippen molar-refractivity contribution in [2.45, 2.75) is 87.0 Å². The Morgan fingerprint density at radius 1 is 0.565 bits per heavy atom. The molecule has 3 aliphatic carbocycles. The van der Waals surface area contributed by atoms with E-state index in [9.17, 15) is 31.6 Å². The summed E-state index contributed by atoms with van der Waals surface area (Å²) in [5.74, 6) is 0. The number of ether oxygens (including phenoxy) is 3. The van der Waals surface area contributed by atoms with E-state index in [-0.39, 0.29) is 72.9 Å². The molecule has 0 fully saturated rings. The van der Waals surface area contributed by atoms with Crippen molar-refractivity contribution < 1.29 is 14.2 Å². The summed E-state index contributed by atoms with van der Waals surface area (Å²) in [6.07, 6.45) is 3.05. The fourth-order valence-electron chi connectivity index (χ4n) is 7.97. The van der Waals surface area contributed by atoms with Crippen LogP contribution in [0.3, 0.4) is 0 Å². The number of rotatable bonds is 18. The molecule has 0 saturated carbocycles. The molecule has 62 heavy (non-hydrogen) atoms. The molecule has 0 amide bonds. The van der Waals surface area contributed by atoms with Crippen LogP contribution in [0, 0.1) is 109 Å². The van der Waals surface area contributed by atoms with Crippen LogP contribution < -0.4 is 16.0 Å². The van der Waals surface area contributed by atoms with Gasteiger partial charge in [0.1, 0.15) is 23.8 Å². The number of hydrogen-bond acceptors (Lipinski definition) is 12. The van der Waals surface area contributed by atoms with Gasteiger partial charge in [0.2, 0.25) is 0 Å². The highest BCUT2D eigenvalue weighted by Crippen LogP contribution is 2.44. The van der Waals surface area contributed by atoms with Gasteiger partial charge in [-0.2, -0.15) is 21.0 Å². The van der Waals surface area contributed by atoms with Crippen molar-refractivity contribution in [3.63, 3.8) is 0 Å². The summed E-state index contributed by atoms with van der Waals surface area (Å²) < 4.78 is 18.5. The second-order valence-corrected chi connectivity index (χ2v) is 18.4. The molecular weight excluding hydrogens is 781 g/mol. The fourth-order valence-corrected chi connectivity index (χ4v) is 7.97. The zero-order chi connectivity index (χ0) is 46.1. The Hall–Kier alpha value is -6.87. The summed E-state index contributed by atoms with van der Waals surface area (Å²) in [6, 6.07) is 12.1. The summed E-state index contributed by atoms with van der Waals surface area (Å²) in [7, 11) is 0. The normalized spacial score (nSPS) is 20.1. The van der Waals surface area contributed by atoms with Crippen LogP contribution in [-0.4, -0.2) is 59.3 Å². The summed E-state index contributed by atoms with van der Waals surface area (Å²) in [5, 5.41) is 68.2. The van der Waals surface area contributed by atoms with E-state index in [1.54, 1.807) is 0 Å². The standard InChI is InChI=1S/C47H54N12O3/c1-44(2)17-33(32(23-48)24-49)36(25-50)38(20-44)57-11-14-60-29-47(7,30-61-15-12-58-39-21-45(3,4)18-34(37(39)26-51)41(27-52)54-8)31-62-16-13-59-40-22-46(5,6)19-35(43(40)56-10)42(28-53)55-9/h57-59H,11-22,29-31H2,1-7H3/b41-34+,42-35-. The van der Waals surface area contributed by atoms with E-state index in [1.165, 1.54) is 0 Å². The molecule has 0 aliphatic heterocycles. The smallest absolute Gasteiger partial charge is 0.266 e. The van der Waals surface area contributed by atoms with Gasteiger partial charge in [0, 0.05) is 47.7 Å². The van der Waals surface area contributed by atoms with E-state index >= 15 is 0 Å². The molecule has 3 rings (SSSR count). The molecule has 1 unspecified atom stereocenters. The van der Waals surface area contributed by atoms with Crippen LogP contribution in [0.15, 0.2) is 67.6 Å². The van der Waals surface area contributed by atoms with Crippen LogP contribution >= 0.6 is 0 Å². The summed E-state index contributed by atoms with van der Waals surface area (Å²) >= 11 is 0. The average molecular weight is 835 g/mol. The molecule has 15 heteroatoms. The first-order chi connectivity index (χ1) is 29.4. The molecule has 0 aromatic carbocycles. The van der Waals surface area contributed by atoms with Crippen molar-refractivity contribution in [2.75, 3.05) is 59.3 Å². The summed E-state index contributed by atoms with van der Waals surface area (Å²) in [6.45, 7) is 39.5. The number of nitrogens with one attached hydrogen (secondary N) is 3. The van der Waals surface area contributed by atoms with Gasteiger partial charge in [-0.15, -0.1) is 0 Å². The Morgan fingerprint density at radius 3 is 1.32 bits per heavy atom. The van der Waals surface area contributed by atoms with E-state index < -0.39 is 5.41 Å². The van der Waals surface area contributed by atoms with Gasteiger partial charge < -0.3 is 30.2 Å². The second-order valence-electron chi connectivity index (χ2n) is 18.4. The zero-order valence-corrected chi connectivity index (χ0v) is 36.9. The van der Waals surface area contributed by atoms with Gasteiger partial charge in [-0.05, 0) is 65.9 Å². The van der Waals surface area contributed by atoms with Crippen LogP contribution in [-0.2, 0) is 14.2 Å². The van der Waals surface area contributed by atoms with Gasteiger partial charge in [-0.3, -0.25) is 0 Å². The lowest BCUT2D eigenvalue weighted by Crippen LogP contribution is -2.37. The highest BCUT2D eigenvalue weighted by Gasteiger charge is 2.35. The molecule has 0 heterocycles. The van der Waals surface area contributed by atoms with Crippen LogP contribution in [0.5, 0.6) is 0 Å². The van der Waals surface area contributed by atoms with Crippen molar-refractivity contribution in [3.05, 3.63) is 102 Å². The van der Waals surface area contributed by atoms with E-state index in [0.717, 1.165) is 0 Å². The summed E-state index contributed by atoms with van der Waals surface area (Å²) in [4.78, 5) is 10.4. The topological polar surface area (TPSA) is 220 Å². The van der Waals surface area contributed by atoms with E-state index in [2.05, 4.69) is 42.6 Å². The molecule has 0 aromatic heterocycles. The fraction of sp³-hybridized carbons (Fsp3) is 0.553. The van der Waals surface area contributed by atoms with Gasteiger partial charge in [-0.25, -0.2) is 25.1 Å². The molecule has 0 spiro atoms. The number of hydrogen-bond donors (Lipinski definition) is 3. The molecule has 1 atom stereocenters. The number of allylic oxidation sites excluding steroid dienone is 11. The Morgan fingerprint density at radius 2 is 0.935 bits per heavy atom. The van der Waals surface area contributed by atoms with Gasteiger partial charge in [0.25, 0.3) is 11.4 Å². The first-order valence-electron chi connectivity index (χ1n) is 20.3. The average Bonchev–Trinajstić information content (AvgIpc) is 3.21. The molecule has 15 nitrogen and oxygen atoms in total. The number of nitrogens with zero attached hydrogens (tertiary/aromatic N) is 9. The Labute approximate surface area is 367 Å². The number of nitriles is 6. The predicted octanol–water partition coefficient (Wildman–Crippen LogP) is 7.70. The van der Waals surface area contributed by atoms with Gasteiger partial charge in [0.05, 0.1) is 88.7 Å². The predicted molar refractivity (Wildman–Crippen MR) is 229 cm³/mol. The minimum absolute atomic E-state index is 0.0633. The third-order valence-corrected chi connectivity index (χ3v) is 10.7. The Balaban J connectivity index is 1.72. The lowest BCUT2D eigenvalue weighted by molar-refractivity contribution is -0.0578. The largest absolute Gasteiger partial charge is 0.395 e. The van der Waals surface area contributed by atoms with Crippen molar-refractivity contribution in [1.82, 2.24) is 16.0 Å². The first kappa shape index (κ1) is 49.5. The Kier molecular flexibility index (Phi) is 17.7. The van der Waals surface area contributed by atoms with Crippen LogP contribution in [0.25, 0.3) is 14.5 Å². The highest BCUT2D eigenvalue weighted by atomic mass is 16.5. The van der Waals surface area contributed by atoms with E-state index in [1.807, 2.05) is 72.7 Å². The lowest BCUT2D eigenvalue weighted by atomic mass is 9.73. The molecule has 3 aliphatic rings. The third kappa shape index (κ3) is 13.3. The maximum atomic E-state index is 10.0.